The van der Waals surface area contributed by atoms with E-state index in [1.54, 1.807) is 7.11 Å². The van der Waals surface area contributed by atoms with Crippen LogP contribution < -0.4 is 10.1 Å². The van der Waals surface area contributed by atoms with E-state index in [-0.39, 0.29) is 0 Å². The number of nitrogens with one attached hydrogen (secondary N) is 1. The number of hydrogen-bond acceptors (Lipinski definition) is 3. The first kappa shape index (κ1) is 13.0. The van der Waals surface area contributed by atoms with Gasteiger partial charge in [0.2, 0.25) is 0 Å². The van der Waals surface area contributed by atoms with E-state index in [1.807, 2.05) is 35.1 Å². The van der Waals surface area contributed by atoms with E-state index in [0.717, 1.165) is 29.0 Å². The van der Waals surface area contributed by atoms with Gasteiger partial charge in [-0.15, -0.1) is 0 Å². The van der Waals surface area contributed by atoms with E-state index in [2.05, 4.69) is 33.3 Å². The van der Waals surface area contributed by atoms with Crippen LogP contribution in [-0.4, -0.2) is 16.9 Å². The van der Waals surface area contributed by atoms with Gasteiger partial charge in [-0.1, -0.05) is 0 Å². The molecule has 96 valence electrons. The molecule has 1 aromatic heterocycles. The monoisotopic (exact) mass is 309 g/mol. The third-order valence-corrected chi connectivity index (χ3v) is 3.38. The quantitative estimate of drug-likeness (QED) is 0.921. The second kappa shape index (κ2) is 5.91. The summed E-state index contributed by atoms with van der Waals surface area (Å²) in [6.07, 6.45) is 1.82. The van der Waals surface area contributed by atoms with Gasteiger partial charge in [0.25, 0.3) is 0 Å². The molecule has 5 heteroatoms. The molecule has 18 heavy (non-hydrogen) atoms. The molecule has 2 rings (SSSR count). The summed E-state index contributed by atoms with van der Waals surface area (Å²) in [6.45, 7) is 3.71. The van der Waals surface area contributed by atoms with Crippen molar-refractivity contribution in [3.8, 4) is 5.75 Å². The van der Waals surface area contributed by atoms with Crippen LogP contribution in [0.1, 0.15) is 12.6 Å². The number of aryl methyl sites for hydroxylation is 1. The largest absolute Gasteiger partial charge is 0.495 e. The van der Waals surface area contributed by atoms with E-state index in [4.69, 9.17) is 4.74 Å². The first-order valence-electron chi connectivity index (χ1n) is 5.82. The number of methoxy groups -OCH3 is 1. The van der Waals surface area contributed by atoms with Gasteiger partial charge in [-0.25, -0.2) is 0 Å². The molecular formula is C13H16BrN3O. The zero-order valence-electron chi connectivity index (χ0n) is 10.5. The van der Waals surface area contributed by atoms with Gasteiger partial charge < -0.3 is 10.1 Å². The number of halogens is 1. The number of nitrogens with zero attached hydrogens (tertiary/aromatic N) is 2. The standard InChI is InChI=1S/C13H16BrN3O/c1-3-17-11(6-7-16-17)9-15-10-4-5-12(14)13(8-10)18-2/h4-8,15H,3,9H2,1-2H3. The molecule has 0 atom stereocenters. The third-order valence-electron chi connectivity index (χ3n) is 2.73. The van der Waals surface area contributed by atoms with Crippen molar-refractivity contribution in [2.45, 2.75) is 20.0 Å². The summed E-state index contributed by atoms with van der Waals surface area (Å²) >= 11 is 3.44. The van der Waals surface area contributed by atoms with Crippen molar-refractivity contribution in [2.24, 2.45) is 0 Å². The van der Waals surface area contributed by atoms with Crippen molar-refractivity contribution >= 4 is 21.6 Å². The highest BCUT2D eigenvalue weighted by atomic mass is 79.9. The van der Waals surface area contributed by atoms with Crippen LogP contribution >= 0.6 is 15.9 Å². The van der Waals surface area contributed by atoms with Crippen LogP contribution in [0.2, 0.25) is 0 Å². The van der Waals surface area contributed by atoms with Gasteiger partial charge in [0, 0.05) is 24.5 Å². The molecule has 0 fully saturated rings. The summed E-state index contributed by atoms with van der Waals surface area (Å²) in [5.74, 6) is 0.823. The SMILES string of the molecule is CCn1nccc1CNc1ccc(Br)c(OC)c1. The fraction of sp³-hybridized carbons (Fsp3) is 0.308. The van der Waals surface area contributed by atoms with Crippen LogP contribution in [0.4, 0.5) is 5.69 Å². The predicted molar refractivity (Wildman–Crippen MR) is 75.9 cm³/mol. The van der Waals surface area contributed by atoms with Gasteiger partial charge in [-0.05, 0) is 41.1 Å². The maximum atomic E-state index is 5.26. The molecule has 0 saturated carbocycles. The van der Waals surface area contributed by atoms with Crippen molar-refractivity contribution in [1.82, 2.24) is 9.78 Å². The summed E-state index contributed by atoms with van der Waals surface area (Å²) in [6, 6.07) is 7.97. The summed E-state index contributed by atoms with van der Waals surface area (Å²) in [7, 11) is 1.66. The number of ether oxygens (including phenoxy) is 1. The van der Waals surface area contributed by atoms with Crippen molar-refractivity contribution in [2.75, 3.05) is 12.4 Å². The second-order valence-electron chi connectivity index (χ2n) is 3.84. The molecule has 0 unspecified atom stereocenters. The van der Waals surface area contributed by atoms with Gasteiger partial charge in [0.05, 0.1) is 23.8 Å². The molecule has 0 radical (unpaired) electrons. The fourth-order valence-electron chi connectivity index (χ4n) is 1.76. The Morgan fingerprint density at radius 2 is 2.22 bits per heavy atom. The summed E-state index contributed by atoms with van der Waals surface area (Å²) < 4.78 is 8.19. The Balaban J connectivity index is 2.06. The first-order chi connectivity index (χ1) is 8.74. The minimum absolute atomic E-state index is 0.749. The molecular weight excluding hydrogens is 294 g/mol. The Kier molecular flexibility index (Phi) is 4.25. The zero-order chi connectivity index (χ0) is 13.0. The molecule has 0 saturated heterocycles. The van der Waals surface area contributed by atoms with Crippen molar-refractivity contribution < 1.29 is 4.74 Å². The van der Waals surface area contributed by atoms with Crippen molar-refractivity contribution in [3.63, 3.8) is 0 Å². The Morgan fingerprint density at radius 1 is 1.39 bits per heavy atom. The normalized spacial score (nSPS) is 10.4. The minimum Gasteiger partial charge on any atom is -0.495 e. The van der Waals surface area contributed by atoms with Crippen molar-refractivity contribution in [1.29, 1.82) is 0 Å². The third kappa shape index (κ3) is 2.85. The summed E-state index contributed by atoms with van der Waals surface area (Å²) in [5, 5.41) is 7.60. The molecule has 1 heterocycles. The molecule has 0 bridgehead atoms. The number of hydrogen-bond donors (Lipinski definition) is 1. The lowest BCUT2D eigenvalue weighted by atomic mass is 10.3. The van der Waals surface area contributed by atoms with Gasteiger partial charge >= 0.3 is 0 Å². The lowest BCUT2D eigenvalue weighted by molar-refractivity contribution is 0.412. The van der Waals surface area contributed by atoms with Crippen LogP contribution in [0.25, 0.3) is 0 Å². The minimum atomic E-state index is 0.749. The average Bonchev–Trinajstić information content (AvgIpc) is 2.85. The Bertz CT molecular complexity index is 525. The maximum Gasteiger partial charge on any atom is 0.135 e. The number of aromatic nitrogens is 2. The Hall–Kier alpha value is -1.49. The molecule has 0 aliphatic rings. The molecule has 0 spiro atoms. The molecule has 1 N–H and O–H groups in total. The molecule has 0 aliphatic carbocycles. The average molecular weight is 310 g/mol. The van der Waals surface area contributed by atoms with Crippen LogP contribution in [-0.2, 0) is 13.1 Å². The fourth-order valence-corrected chi connectivity index (χ4v) is 2.17. The van der Waals surface area contributed by atoms with E-state index in [9.17, 15) is 0 Å². The summed E-state index contributed by atoms with van der Waals surface area (Å²) in [4.78, 5) is 0. The van der Waals surface area contributed by atoms with E-state index in [0.29, 0.717) is 0 Å². The van der Waals surface area contributed by atoms with Gasteiger partial charge in [0.15, 0.2) is 0 Å². The predicted octanol–water partition coefficient (Wildman–Crippen LogP) is 3.29. The molecule has 1 aromatic carbocycles. The van der Waals surface area contributed by atoms with Crippen LogP contribution in [0.15, 0.2) is 34.9 Å². The Labute approximate surface area is 115 Å². The number of anilines is 1. The zero-order valence-corrected chi connectivity index (χ0v) is 12.1. The van der Waals surface area contributed by atoms with E-state index in [1.165, 1.54) is 5.69 Å². The summed E-state index contributed by atoms with van der Waals surface area (Å²) in [5.41, 5.74) is 2.19. The van der Waals surface area contributed by atoms with E-state index < -0.39 is 0 Å². The maximum absolute atomic E-state index is 5.26. The highest BCUT2D eigenvalue weighted by Crippen LogP contribution is 2.27. The first-order valence-corrected chi connectivity index (χ1v) is 6.62. The smallest absolute Gasteiger partial charge is 0.135 e. The molecule has 2 aromatic rings. The van der Waals surface area contributed by atoms with Crippen LogP contribution in [0.5, 0.6) is 5.75 Å². The Morgan fingerprint density at radius 3 is 2.94 bits per heavy atom. The van der Waals surface area contributed by atoms with E-state index >= 15 is 0 Å². The van der Waals surface area contributed by atoms with Gasteiger partial charge in [-0.3, -0.25) is 4.68 Å². The lowest BCUT2D eigenvalue weighted by Crippen LogP contribution is -2.07. The van der Waals surface area contributed by atoms with Gasteiger partial charge in [-0.2, -0.15) is 5.10 Å². The topological polar surface area (TPSA) is 39.1 Å². The molecule has 4 nitrogen and oxygen atoms in total. The van der Waals surface area contributed by atoms with Crippen LogP contribution in [0.3, 0.4) is 0 Å². The van der Waals surface area contributed by atoms with Crippen molar-refractivity contribution in [3.05, 3.63) is 40.6 Å². The lowest BCUT2D eigenvalue weighted by Gasteiger charge is -2.10. The number of benzene rings is 1. The van der Waals surface area contributed by atoms with Gasteiger partial charge in [0.1, 0.15) is 5.75 Å². The molecule has 0 amide bonds. The van der Waals surface area contributed by atoms with Crippen LogP contribution in [0, 0.1) is 0 Å². The highest BCUT2D eigenvalue weighted by molar-refractivity contribution is 9.10. The highest BCUT2D eigenvalue weighted by Gasteiger charge is 2.03. The number of rotatable bonds is 5. The second-order valence-corrected chi connectivity index (χ2v) is 4.70. The molecule has 0 aliphatic heterocycles.